The number of benzene rings is 4. The van der Waals surface area contributed by atoms with Crippen LogP contribution in [0.5, 0.6) is 5.75 Å². The number of para-hydroxylation sites is 1. The highest BCUT2D eigenvalue weighted by atomic mass is 16.5. The molecule has 224 valence electrons. The van der Waals surface area contributed by atoms with Crippen molar-refractivity contribution in [2.75, 3.05) is 37.0 Å². The Labute approximate surface area is 255 Å². The van der Waals surface area contributed by atoms with Crippen molar-refractivity contribution in [3.05, 3.63) is 125 Å². The second kappa shape index (κ2) is 15.6. The molecular formula is C37H42N2O4. The second-order valence-electron chi connectivity index (χ2n) is 11.2. The number of anilines is 2. The predicted octanol–water partition coefficient (Wildman–Crippen LogP) is 7.35. The van der Waals surface area contributed by atoms with Crippen LogP contribution in [0.1, 0.15) is 47.3 Å². The number of ether oxygens (including phenoxy) is 2. The first-order valence-corrected chi connectivity index (χ1v) is 14.9. The number of hydrogen-bond donors (Lipinski definition) is 1. The summed E-state index contributed by atoms with van der Waals surface area (Å²) >= 11 is 0. The van der Waals surface area contributed by atoms with Gasteiger partial charge >= 0.3 is 5.97 Å². The Bertz CT molecular complexity index is 1470. The van der Waals surface area contributed by atoms with Crippen LogP contribution in [0, 0.1) is 12.8 Å². The minimum atomic E-state index is -0.671. The van der Waals surface area contributed by atoms with Gasteiger partial charge in [0, 0.05) is 42.0 Å². The van der Waals surface area contributed by atoms with Crippen molar-refractivity contribution in [2.24, 2.45) is 5.92 Å². The molecule has 0 bridgehead atoms. The summed E-state index contributed by atoms with van der Waals surface area (Å²) < 4.78 is 11.2. The highest BCUT2D eigenvalue weighted by Crippen LogP contribution is 2.23. The van der Waals surface area contributed by atoms with Crippen LogP contribution in [0.25, 0.3) is 0 Å². The topological polar surface area (TPSA) is 67.9 Å². The van der Waals surface area contributed by atoms with Crippen LogP contribution in [-0.4, -0.2) is 44.6 Å². The Hall–Kier alpha value is -4.58. The summed E-state index contributed by atoms with van der Waals surface area (Å²) in [6.45, 7) is 9.13. The smallest absolute Gasteiger partial charge is 0.328 e. The maximum absolute atomic E-state index is 13.2. The van der Waals surface area contributed by atoms with Crippen LogP contribution in [0.4, 0.5) is 11.4 Å². The molecule has 4 rings (SSSR count). The summed E-state index contributed by atoms with van der Waals surface area (Å²) in [7, 11) is 1.37. The highest BCUT2D eigenvalue weighted by molar-refractivity contribution is 6.12. The van der Waals surface area contributed by atoms with Crippen molar-refractivity contribution in [1.82, 2.24) is 0 Å². The van der Waals surface area contributed by atoms with E-state index in [0.29, 0.717) is 35.8 Å². The first-order chi connectivity index (χ1) is 20.8. The number of aryl methyl sites for hydroxylation is 1. The SMILES string of the molecule is COC(=O)[C@H](Cc1ccc(OCCCN(CC(C)C)c2cccc(C)c2)cc1)Nc1ccccc1C(=O)c1ccccc1. The fourth-order valence-corrected chi connectivity index (χ4v) is 5.07. The van der Waals surface area contributed by atoms with E-state index in [9.17, 15) is 9.59 Å². The van der Waals surface area contributed by atoms with Crippen molar-refractivity contribution in [3.63, 3.8) is 0 Å². The molecule has 0 aromatic heterocycles. The van der Waals surface area contributed by atoms with Gasteiger partial charge in [0.25, 0.3) is 0 Å². The number of carbonyl (C=O) groups excluding carboxylic acids is 2. The fraction of sp³-hybridized carbons (Fsp3) is 0.297. The van der Waals surface area contributed by atoms with Crippen molar-refractivity contribution in [2.45, 2.75) is 39.7 Å². The summed E-state index contributed by atoms with van der Waals surface area (Å²) in [6, 6.07) is 32.1. The van der Waals surface area contributed by atoms with E-state index in [4.69, 9.17) is 9.47 Å². The number of esters is 1. The molecule has 0 spiro atoms. The molecule has 6 nitrogen and oxygen atoms in total. The van der Waals surface area contributed by atoms with Crippen LogP contribution in [0.3, 0.4) is 0 Å². The third-order valence-corrected chi connectivity index (χ3v) is 7.18. The van der Waals surface area contributed by atoms with E-state index in [1.54, 1.807) is 18.2 Å². The van der Waals surface area contributed by atoms with Gasteiger partial charge < -0.3 is 19.7 Å². The zero-order valence-electron chi connectivity index (χ0n) is 25.6. The number of nitrogens with one attached hydrogen (secondary N) is 1. The summed E-state index contributed by atoms with van der Waals surface area (Å²) in [5.74, 6) is 0.841. The average molecular weight is 579 g/mol. The molecule has 0 aliphatic carbocycles. The summed E-state index contributed by atoms with van der Waals surface area (Å²) in [4.78, 5) is 28.4. The molecule has 1 N–H and O–H groups in total. The molecular weight excluding hydrogens is 536 g/mol. The maximum Gasteiger partial charge on any atom is 0.328 e. The maximum atomic E-state index is 13.2. The summed E-state index contributed by atoms with van der Waals surface area (Å²) in [5.41, 5.74) is 5.13. The highest BCUT2D eigenvalue weighted by Gasteiger charge is 2.22. The molecule has 4 aromatic carbocycles. The number of methoxy groups -OCH3 is 1. The Kier molecular flexibility index (Phi) is 11.4. The fourth-order valence-electron chi connectivity index (χ4n) is 5.07. The number of hydrogen-bond acceptors (Lipinski definition) is 6. The van der Waals surface area contributed by atoms with Crippen molar-refractivity contribution >= 4 is 23.1 Å². The van der Waals surface area contributed by atoms with Gasteiger partial charge in [-0.1, -0.05) is 80.6 Å². The standard InChI is InChI=1S/C37H42N2O4/c1-27(2)26-39(31-15-10-12-28(3)24-31)22-11-23-43-32-20-18-29(19-21-32)25-35(37(41)42-4)38-34-17-9-8-16-33(34)36(40)30-13-6-5-7-14-30/h5-10,12-21,24,27,35,38H,11,22-23,25-26H2,1-4H3/t35-/m0/s1. The van der Waals surface area contributed by atoms with E-state index >= 15 is 0 Å². The van der Waals surface area contributed by atoms with Crippen molar-refractivity contribution < 1.29 is 19.1 Å². The molecule has 1 atom stereocenters. The Morgan fingerprint density at radius 3 is 2.28 bits per heavy atom. The van der Waals surface area contributed by atoms with Gasteiger partial charge in [-0.25, -0.2) is 4.79 Å². The van der Waals surface area contributed by atoms with E-state index in [0.717, 1.165) is 30.8 Å². The molecule has 0 unspecified atom stereocenters. The van der Waals surface area contributed by atoms with Crippen molar-refractivity contribution in [1.29, 1.82) is 0 Å². The second-order valence-corrected chi connectivity index (χ2v) is 11.2. The third kappa shape index (κ3) is 9.20. The van der Waals surface area contributed by atoms with Crippen LogP contribution < -0.4 is 15.0 Å². The lowest BCUT2D eigenvalue weighted by Crippen LogP contribution is -2.33. The number of ketones is 1. The van der Waals surface area contributed by atoms with Gasteiger partial charge in [0.15, 0.2) is 5.78 Å². The predicted molar refractivity (Wildman–Crippen MR) is 174 cm³/mol. The minimum Gasteiger partial charge on any atom is -0.494 e. The average Bonchev–Trinajstić information content (AvgIpc) is 3.02. The first kappa shape index (κ1) is 31.4. The lowest BCUT2D eigenvalue weighted by molar-refractivity contribution is -0.141. The molecule has 0 saturated heterocycles. The molecule has 6 heteroatoms. The Morgan fingerprint density at radius 2 is 1.58 bits per heavy atom. The monoisotopic (exact) mass is 578 g/mol. The zero-order chi connectivity index (χ0) is 30.6. The van der Waals surface area contributed by atoms with E-state index in [1.807, 2.05) is 60.7 Å². The van der Waals surface area contributed by atoms with Gasteiger partial charge in [-0.05, 0) is 66.8 Å². The van der Waals surface area contributed by atoms with Gasteiger partial charge in [-0.3, -0.25) is 4.79 Å². The van der Waals surface area contributed by atoms with Gasteiger partial charge in [-0.15, -0.1) is 0 Å². The van der Waals surface area contributed by atoms with Gasteiger partial charge in [0.05, 0.1) is 13.7 Å². The minimum absolute atomic E-state index is 0.111. The van der Waals surface area contributed by atoms with Crippen LogP contribution in [0.2, 0.25) is 0 Å². The molecule has 0 heterocycles. The van der Waals surface area contributed by atoms with Crippen LogP contribution in [0.15, 0.2) is 103 Å². The summed E-state index contributed by atoms with van der Waals surface area (Å²) in [6.07, 6.45) is 1.29. The quantitative estimate of drug-likeness (QED) is 0.0904. The van der Waals surface area contributed by atoms with E-state index in [-0.39, 0.29) is 5.78 Å². The van der Waals surface area contributed by atoms with E-state index in [2.05, 4.69) is 55.3 Å². The van der Waals surface area contributed by atoms with Gasteiger partial charge in [0.1, 0.15) is 11.8 Å². The first-order valence-electron chi connectivity index (χ1n) is 14.9. The Morgan fingerprint density at radius 1 is 0.860 bits per heavy atom. The number of carbonyl (C=O) groups is 2. The zero-order valence-corrected chi connectivity index (χ0v) is 25.6. The van der Waals surface area contributed by atoms with Crippen molar-refractivity contribution in [3.8, 4) is 5.75 Å². The Balaban J connectivity index is 1.36. The van der Waals surface area contributed by atoms with Crippen LogP contribution in [-0.2, 0) is 16.0 Å². The number of rotatable bonds is 15. The summed E-state index contributed by atoms with van der Waals surface area (Å²) in [5, 5.41) is 3.26. The molecule has 43 heavy (non-hydrogen) atoms. The van der Waals surface area contributed by atoms with E-state index < -0.39 is 12.0 Å². The molecule has 0 saturated carbocycles. The molecule has 0 aliphatic heterocycles. The molecule has 0 radical (unpaired) electrons. The lowest BCUT2D eigenvalue weighted by Gasteiger charge is -2.27. The van der Waals surface area contributed by atoms with E-state index in [1.165, 1.54) is 18.4 Å². The molecule has 0 fully saturated rings. The molecule has 0 aliphatic rings. The lowest BCUT2D eigenvalue weighted by atomic mass is 10.00. The third-order valence-electron chi connectivity index (χ3n) is 7.18. The van der Waals surface area contributed by atoms with Gasteiger partial charge in [-0.2, -0.15) is 0 Å². The normalized spacial score (nSPS) is 11.6. The largest absolute Gasteiger partial charge is 0.494 e. The molecule has 0 amide bonds. The van der Waals surface area contributed by atoms with Crippen LogP contribution >= 0.6 is 0 Å². The molecule has 4 aromatic rings. The number of nitrogens with zero attached hydrogens (tertiary/aromatic N) is 1. The van der Waals surface area contributed by atoms with Gasteiger partial charge in [0.2, 0.25) is 0 Å².